The molecule has 1 fully saturated rings. The van der Waals surface area contributed by atoms with E-state index in [0.29, 0.717) is 12.8 Å². The van der Waals surface area contributed by atoms with E-state index >= 15 is 0 Å². The summed E-state index contributed by atoms with van der Waals surface area (Å²) in [6.07, 6.45) is 0.308. The minimum absolute atomic E-state index is 0. The fraction of sp³-hybridized carbons (Fsp3) is 0.857. The predicted octanol–water partition coefficient (Wildman–Crippen LogP) is -4.74. The van der Waals surface area contributed by atoms with E-state index in [1.54, 1.807) is 0 Å². The van der Waals surface area contributed by atoms with Gasteiger partial charge in [0.2, 0.25) is 0 Å². The van der Waals surface area contributed by atoms with Crippen molar-refractivity contribution in [1.29, 1.82) is 0 Å². The number of carboxylic acids is 1. The molecule has 0 aromatic rings. The number of carbonyl (C=O) groups excluding carboxylic acids is 1. The number of hydrogen-bond donors (Lipinski definition) is 0. The topological polar surface area (TPSA) is 92.7 Å². The van der Waals surface area contributed by atoms with E-state index in [2.05, 4.69) is 4.18 Å². The van der Waals surface area contributed by atoms with Gasteiger partial charge in [-0.2, -0.15) is 8.42 Å². The van der Waals surface area contributed by atoms with Crippen LogP contribution >= 0.6 is 0 Å². The van der Waals surface area contributed by atoms with Crippen LogP contribution < -0.4 is 34.7 Å². The summed E-state index contributed by atoms with van der Waals surface area (Å²) in [5.74, 6) is -1.27. The molecule has 6 nitrogen and oxygen atoms in total. The Balaban J connectivity index is 0.00000196. The van der Waals surface area contributed by atoms with E-state index in [1.165, 1.54) is 0 Å². The zero-order valence-electron chi connectivity index (χ0n) is 8.63. The Kier molecular flexibility index (Phi) is 6.31. The van der Waals surface area contributed by atoms with E-state index in [1.807, 2.05) is 0 Å². The molecule has 0 radical (unpaired) electrons. The molecular weight excluding hydrogens is 235 g/mol. The number of carbonyl (C=O) groups is 1. The predicted molar refractivity (Wildman–Crippen MR) is 43.7 cm³/mol. The fourth-order valence-corrected chi connectivity index (χ4v) is 1.60. The number of aliphatic carboxylic acids is 1. The summed E-state index contributed by atoms with van der Waals surface area (Å²) in [6, 6.07) is 0. The van der Waals surface area contributed by atoms with E-state index in [-0.39, 0.29) is 36.2 Å². The summed E-state index contributed by atoms with van der Waals surface area (Å²) >= 11 is 0. The zero-order chi connectivity index (χ0) is 10.8. The molecule has 82 valence electrons. The van der Waals surface area contributed by atoms with Crippen molar-refractivity contribution in [3.05, 3.63) is 0 Å². The molecule has 1 aliphatic heterocycles. The Labute approximate surface area is 110 Å². The SMILES string of the molecule is CS(=O)(=O)OC[C@@H]1CC[C@@H](C(=O)[O-])O1.[Na+]. The van der Waals surface area contributed by atoms with Crippen LogP contribution in [-0.4, -0.2) is 39.5 Å². The van der Waals surface area contributed by atoms with Gasteiger partial charge in [-0.15, -0.1) is 0 Å². The molecule has 1 rings (SSSR count). The molecule has 0 bridgehead atoms. The maximum absolute atomic E-state index is 10.6. The summed E-state index contributed by atoms with van der Waals surface area (Å²) in [5, 5.41) is 10.4. The van der Waals surface area contributed by atoms with Gasteiger partial charge >= 0.3 is 29.6 Å². The molecule has 15 heavy (non-hydrogen) atoms. The molecule has 1 saturated heterocycles. The largest absolute Gasteiger partial charge is 1.00 e. The molecule has 0 unspecified atom stereocenters. The molecule has 2 atom stereocenters. The number of rotatable bonds is 4. The minimum atomic E-state index is -3.49. The first-order valence-electron chi connectivity index (χ1n) is 4.09. The molecule has 0 spiro atoms. The van der Waals surface area contributed by atoms with E-state index in [4.69, 9.17) is 4.74 Å². The van der Waals surface area contributed by atoms with Gasteiger partial charge in [0.1, 0.15) is 0 Å². The normalized spacial score (nSPS) is 25.9. The van der Waals surface area contributed by atoms with Crippen LogP contribution in [0.4, 0.5) is 0 Å². The fourth-order valence-electron chi connectivity index (χ4n) is 1.20. The maximum Gasteiger partial charge on any atom is 1.00 e. The average Bonchev–Trinajstić information content (AvgIpc) is 2.47. The molecule has 0 amide bonds. The number of carboxylic acid groups (broad SMARTS) is 1. The first kappa shape index (κ1) is 15.3. The first-order chi connectivity index (χ1) is 6.38. The van der Waals surface area contributed by atoms with Gasteiger partial charge in [-0.05, 0) is 12.8 Å². The summed E-state index contributed by atoms with van der Waals surface area (Å²) in [5.41, 5.74) is 0. The van der Waals surface area contributed by atoms with Crippen LogP contribution in [0, 0.1) is 0 Å². The maximum atomic E-state index is 10.6. The average molecular weight is 246 g/mol. The van der Waals surface area contributed by atoms with E-state index in [9.17, 15) is 18.3 Å². The zero-order valence-corrected chi connectivity index (χ0v) is 11.5. The van der Waals surface area contributed by atoms with Crippen LogP contribution in [0.2, 0.25) is 0 Å². The van der Waals surface area contributed by atoms with Crippen molar-refractivity contribution in [1.82, 2.24) is 0 Å². The van der Waals surface area contributed by atoms with Gasteiger partial charge in [-0.3, -0.25) is 4.18 Å². The minimum Gasteiger partial charge on any atom is -0.547 e. The van der Waals surface area contributed by atoms with Crippen LogP contribution in [0.15, 0.2) is 0 Å². The van der Waals surface area contributed by atoms with Gasteiger partial charge in [0, 0.05) is 0 Å². The third kappa shape index (κ3) is 5.84. The van der Waals surface area contributed by atoms with Crippen molar-refractivity contribution in [2.45, 2.75) is 25.0 Å². The molecule has 0 aromatic carbocycles. The molecule has 0 saturated carbocycles. The second kappa shape index (κ2) is 6.17. The molecule has 1 aliphatic rings. The van der Waals surface area contributed by atoms with Crippen LogP contribution in [0.1, 0.15) is 12.8 Å². The molecule has 8 heteroatoms. The Morgan fingerprint density at radius 3 is 2.53 bits per heavy atom. The first-order valence-corrected chi connectivity index (χ1v) is 5.91. The van der Waals surface area contributed by atoms with Gasteiger partial charge in [0.25, 0.3) is 10.1 Å². The van der Waals surface area contributed by atoms with Crippen LogP contribution in [0.3, 0.4) is 0 Å². The van der Waals surface area contributed by atoms with Crippen molar-refractivity contribution in [2.75, 3.05) is 12.9 Å². The van der Waals surface area contributed by atoms with Gasteiger partial charge in [-0.25, -0.2) is 0 Å². The monoisotopic (exact) mass is 246 g/mol. The summed E-state index contributed by atoms with van der Waals surface area (Å²) < 4.78 is 30.6. The van der Waals surface area contributed by atoms with E-state index < -0.39 is 28.3 Å². The smallest absolute Gasteiger partial charge is 0.547 e. The Morgan fingerprint density at radius 1 is 1.53 bits per heavy atom. The van der Waals surface area contributed by atoms with Gasteiger partial charge in [-0.1, -0.05) is 0 Å². The molecule has 1 heterocycles. The molecular formula is C7H11NaO6S. The molecule has 0 N–H and O–H groups in total. The van der Waals surface area contributed by atoms with Crippen molar-refractivity contribution >= 4 is 16.1 Å². The number of ether oxygens (including phenoxy) is 1. The summed E-state index contributed by atoms with van der Waals surface area (Å²) in [7, 11) is -3.49. The van der Waals surface area contributed by atoms with Gasteiger partial charge in [0.15, 0.2) is 0 Å². The number of hydrogen-bond acceptors (Lipinski definition) is 6. The van der Waals surface area contributed by atoms with Crippen molar-refractivity contribution in [2.24, 2.45) is 0 Å². The van der Waals surface area contributed by atoms with Crippen molar-refractivity contribution in [3.63, 3.8) is 0 Å². The van der Waals surface area contributed by atoms with Crippen molar-refractivity contribution < 1.29 is 56.8 Å². The third-order valence-corrected chi connectivity index (χ3v) is 2.40. The van der Waals surface area contributed by atoms with Gasteiger partial charge in [0.05, 0.1) is 31.0 Å². The van der Waals surface area contributed by atoms with Crippen LogP contribution in [0.25, 0.3) is 0 Å². The van der Waals surface area contributed by atoms with Crippen LogP contribution in [0.5, 0.6) is 0 Å². The molecule has 0 aromatic heterocycles. The second-order valence-corrected chi connectivity index (χ2v) is 4.78. The summed E-state index contributed by atoms with van der Waals surface area (Å²) in [6.45, 7) is -0.136. The Morgan fingerprint density at radius 2 is 2.13 bits per heavy atom. The Hall–Kier alpha value is 0.340. The Bertz CT molecular complexity index is 313. The summed E-state index contributed by atoms with van der Waals surface area (Å²) in [4.78, 5) is 10.4. The van der Waals surface area contributed by atoms with E-state index in [0.717, 1.165) is 6.26 Å². The third-order valence-electron chi connectivity index (χ3n) is 1.84. The van der Waals surface area contributed by atoms with Crippen LogP contribution in [-0.2, 0) is 23.8 Å². The van der Waals surface area contributed by atoms with Crippen molar-refractivity contribution in [3.8, 4) is 0 Å². The quantitative estimate of drug-likeness (QED) is 0.365. The second-order valence-electron chi connectivity index (χ2n) is 3.13. The van der Waals surface area contributed by atoms with Gasteiger partial charge < -0.3 is 14.6 Å². The standard InChI is InChI=1S/C7H12O6S.Na/c1-14(10,11)12-4-5-2-3-6(13-5)7(8)9;/h5-6H,2-4H2,1H3,(H,8,9);/q;+1/p-1/t5-,6-;/m0./s1. The molecule has 0 aliphatic carbocycles.